The fourth-order valence-corrected chi connectivity index (χ4v) is 3.23. The predicted octanol–water partition coefficient (Wildman–Crippen LogP) is 4.36. The molecule has 0 bridgehead atoms. The topological polar surface area (TPSA) is 88.8 Å². The van der Waals surface area contributed by atoms with Crippen LogP contribution in [0.25, 0.3) is 22.0 Å². The van der Waals surface area contributed by atoms with E-state index in [2.05, 4.69) is 21.0 Å². The highest BCUT2D eigenvalue weighted by Gasteiger charge is 2.15. The summed E-state index contributed by atoms with van der Waals surface area (Å²) in [5.74, 6) is 0.357. The number of nitriles is 1. The second-order valence-electron chi connectivity index (χ2n) is 5.71. The number of aromatic nitrogens is 3. The molecule has 7 heteroatoms. The summed E-state index contributed by atoms with van der Waals surface area (Å²) in [7, 11) is 0. The number of benzene rings is 2. The quantitative estimate of drug-likeness (QED) is 0.384. The number of nitrogens with zero attached hydrogens (tertiary/aromatic N) is 4. The van der Waals surface area contributed by atoms with E-state index in [-0.39, 0.29) is 5.69 Å². The van der Waals surface area contributed by atoms with Crippen molar-refractivity contribution in [3.63, 3.8) is 0 Å². The van der Waals surface area contributed by atoms with Crippen LogP contribution in [0.4, 0.5) is 0 Å². The standard InChI is InChI=1S/C21H12N4O2S/c22-12-14-2-4-15(5-3-14)16-6-8-17(9-7-16)27-21(26)18-13-28-20(25-18)19-23-10-1-11-24-19/h1-11,13H. The molecule has 0 aliphatic rings. The molecular weight excluding hydrogens is 372 g/mol. The Bertz CT molecular complexity index is 1150. The fraction of sp³-hybridized carbons (Fsp3) is 0. The Labute approximate surface area is 164 Å². The summed E-state index contributed by atoms with van der Waals surface area (Å²) in [6.07, 6.45) is 3.24. The summed E-state index contributed by atoms with van der Waals surface area (Å²) in [4.78, 5) is 24.8. The lowest BCUT2D eigenvalue weighted by atomic mass is 10.0. The van der Waals surface area contributed by atoms with E-state index in [1.54, 1.807) is 48.1 Å². The molecule has 28 heavy (non-hydrogen) atoms. The Balaban J connectivity index is 1.46. The summed E-state index contributed by atoms with van der Waals surface area (Å²) in [5, 5.41) is 11.1. The van der Waals surface area contributed by atoms with E-state index in [0.29, 0.717) is 22.1 Å². The number of esters is 1. The van der Waals surface area contributed by atoms with Gasteiger partial charge in [-0.05, 0) is 41.5 Å². The molecule has 0 fully saturated rings. The monoisotopic (exact) mass is 384 g/mol. The van der Waals surface area contributed by atoms with Crippen molar-refractivity contribution in [3.05, 3.63) is 83.6 Å². The average Bonchev–Trinajstić information content (AvgIpc) is 3.26. The third-order valence-corrected chi connectivity index (χ3v) is 4.72. The van der Waals surface area contributed by atoms with E-state index >= 15 is 0 Å². The molecule has 4 aromatic rings. The first-order chi connectivity index (χ1) is 13.7. The van der Waals surface area contributed by atoms with E-state index in [4.69, 9.17) is 10.00 Å². The summed E-state index contributed by atoms with van der Waals surface area (Å²) in [5.41, 5.74) is 2.76. The second-order valence-corrected chi connectivity index (χ2v) is 6.57. The summed E-state index contributed by atoms with van der Waals surface area (Å²) >= 11 is 1.28. The van der Waals surface area contributed by atoms with Gasteiger partial charge < -0.3 is 4.74 Å². The molecular formula is C21H12N4O2S. The Morgan fingerprint density at radius 1 is 0.964 bits per heavy atom. The molecule has 6 nitrogen and oxygen atoms in total. The third kappa shape index (κ3) is 3.77. The number of carbonyl (C=O) groups excluding carboxylic acids is 1. The Morgan fingerprint density at radius 3 is 2.25 bits per heavy atom. The van der Waals surface area contributed by atoms with Gasteiger partial charge in [0, 0.05) is 17.8 Å². The van der Waals surface area contributed by atoms with Gasteiger partial charge in [0.2, 0.25) is 0 Å². The van der Waals surface area contributed by atoms with E-state index in [9.17, 15) is 4.79 Å². The molecule has 0 atom stereocenters. The van der Waals surface area contributed by atoms with E-state index in [1.165, 1.54) is 11.3 Å². The van der Waals surface area contributed by atoms with Gasteiger partial charge in [-0.25, -0.2) is 19.7 Å². The molecule has 0 amide bonds. The lowest BCUT2D eigenvalue weighted by molar-refractivity contribution is 0.0729. The molecule has 4 rings (SSSR count). The van der Waals surface area contributed by atoms with Gasteiger partial charge in [0.25, 0.3) is 0 Å². The number of carbonyl (C=O) groups is 1. The molecule has 2 aromatic carbocycles. The molecule has 2 aromatic heterocycles. The molecule has 0 N–H and O–H groups in total. The highest BCUT2D eigenvalue weighted by molar-refractivity contribution is 7.13. The van der Waals surface area contributed by atoms with Crippen molar-refractivity contribution in [1.29, 1.82) is 5.26 Å². The van der Waals surface area contributed by atoms with Gasteiger partial charge >= 0.3 is 5.97 Å². The molecule has 0 aliphatic heterocycles. The van der Waals surface area contributed by atoms with Crippen LogP contribution < -0.4 is 4.74 Å². The van der Waals surface area contributed by atoms with Crippen molar-refractivity contribution in [2.75, 3.05) is 0 Å². The van der Waals surface area contributed by atoms with Crippen molar-refractivity contribution < 1.29 is 9.53 Å². The van der Waals surface area contributed by atoms with Gasteiger partial charge in [-0.3, -0.25) is 0 Å². The van der Waals surface area contributed by atoms with Crippen molar-refractivity contribution in [2.45, 2.75) is 0 Å². The predicted molar refractivity (Wildman–Crippen MR) is 105 cm³/mol. The van der Waals surface area contributed by atoms with Crippen molar-refractivity contribution in [3.8, 4) is 33.8 Å². The van der Waals surface area contributed by atoms with Crippen molar-refractivity contribution in [1.82, 2.24) is 15.0 Å². The van der Waals surface area contributed by atoms with E-state index < -0.39 is 5.97 Å². The number of ether oxygens (including phenoxy) is 1. The summed E-state index contributed by atoms with van der Waals surface area (Å²) in [6.45, 7) is 0. The lowest BCUT2D eigenvalue weighted by Crippen LogP contribution is -2.08. The van der Waals surface area contributed by atoms with Crippen LogP contribution in [-0.2, 0) is 0 Å². The fourth-order valence-electron chi connectivity index (χ4n) is 2.49. The van der Waals surface area contributed by atoms with E-state index in [0.717, 1.165) is 11.1 Å². The molecule has 134 valence electrons. The zero-order valence-corrected chi connectivity index (χ0v) is 15.3. The highest BCUT2D eigenvalue weighted by Crippen LogP contribution is 2.24. The minimum atomic E-state index is -0.537. The highest BCUT2D eigenvalue weighted by atomic mass is 32.1. The van der Waals surface area contributed by atoms with Crippen LogP contribution in [0.2, 0.25) is 0 Å². The van der Waals surface area contributed by atoms with Crippen molar-refractivity contribution >= 4 is 17.3 Å². The molecule has 0 saturated carbocycles. The van der Waals surface area contributed by atoms with Gasteiger partial charge in [-0.15, -0.1) is 11.3 Å². The first-order valence-corrected chi connectivity index (χ1v) is 9.16. The molecule has 0 spiro atoms. The van der Waals surface area contributed by atoms with Gasteiger partial charge in [-0.2, -0.15) is 5.26 Å². The van der Waals surface area contributed by atoms with Gasteiger partial charge in [0.05, 0.1) is 11.6 Å². The Hall–Kier alpha value is -3.89. The van der Waals surface area contributed by atoms with Crippen LogP contribution in [0, 0.1) is 11.3 Å². The number of hydrogen-bond donors (Lipinski definition) is 0. The van der Waals surface area contributed by atoms with Crippen LogP contribution >= 0.6 is 11.3 Å². The first kappa shape index (κ1) is 17.5. The summed E-state index contributed by atoms with van der Waals surface area (Å²) < 4.78 is 5.40. The van der Waals surface area contributed by atoms with Crippen LogP contribution in [0.5, 0.6) is 5.75 Å². The van der Waals surface area contributed by atoms with Gasteiger partial charge in [0.15, 0.2) is 16.5 Å². The Morgan fingerprint density at radius 2 is 1.61 bits per heavy atom. The average molecular weight is 384 g/mol. The Kier molecular flexibility index (Phi) is 4.87. The number of rotatable bonds is 4. The second kappa shape index (κ2) is 7.78. The molecule has 0 radical (unpaired) electrons. The van der Waals surface area contributed by atoms with E-state index in [1.807, 2.05) is 24.3 Å². The van der Waals surface area contributed by atoms with Crippen LogP contribution in [0.1, 0.15) is 16.1 Å². The van der Waals surface area contributed by atoms with Crippen LogP contribution in [-0.4, -0.2) is 20.9 Å². The molecule has 0 aliphatic carbocycles. The molecule has 0 saturated heterocycles. The maximum Gasteiger partial charge on any atom is 0.363 e. The smallest absolute Gasteiger partial charge is 0.363 e. The maximum atomic E-state index is 12.3. The number of hydrogen-bond acceptors (Lipinski definition) is 7. The van der Waals surface area contributed by atoms with Crippen LogP contribution in [0.3, 0.4) is 0 Å². The largest absolute Gasteiger partial charge is 0.422 e. The third-order valence-electron chi connectivity index (χ3n) is 3.88. The van der Waals surface area contributed by atoms with Gasteiger partial charge in [-0.1, -0.05) is 24.3 Å². The van der Waals surface area contributed by atoms with Crippen molar-refractivity contribution in [2.24, 2.45) is 0 Å². The minimum absolute atomic E-state index is 0.212. The molecule has 0 unspecified atom stereocenters. The molecule has 2 heterocycles. The first-order valence-electron chi connectivity index (χ1n) is 8.28. The van der Waals surface area contributed by atoms with Gasteiger partial charge in [0.1, 0.15) is 5.75 Å². The normalized spacial score (nSPS) is 10.2. The van der Waals surface area contributed by atoms with Crippen LogP contribution in [0.15, 0.2) is 72.4 Å². The zero-order valence-electron chi connectivity index (χ0n) is 14.4. The maximum absolute atomic E-state index is 12.3. The zero-order chi connectivity index (χ0) is 19.3. The SMILES string of the molecule is N#Cc1ccc(-c2ccc(OC(=O)c3csc(-c4ncccn4)n3)cc2)cc1. The summed E-state index contributed by atoms with van der Waals surface area (Å²) in [6, 6.07) is 18.2. The minimum Gasteiger partial charge on any atom is -0.422 e. The lowest BCUT2D eigenvalue weighted by Gasteiger charge is -2.05. The number of thiazole rings is 1.